The second-order valence-electron chi connectivity index (χ2n) is 9.63. The van der Waals surface area contributed by atoms with Crippen molar-refractivity contribution in [3.63, 3.8) is 0 Å². The molecule has 8 heteroatoms. The Kier molecular flexibility index (Phi) is 6.63. The molecule has 1 amide bonds. The third-order valence-electron chi connectivity index (χ3n) is 6.70. The summed E-state index contributed by atoms with van der Waals surface area (Å²) in [6.07, 6.45) is 12.8. The monoisotopic (exact) mass is 479 g/mol. The first-order valence-corrected chi connectivity index (χ1v) is 12.4. The van der Waals surface area contributed by atoms with Crippen molar-refractivity contribution in [2.24, 2.45) is 0 Å². The van der Waals surface area contributed by atoms with E-state index >= 15 is 0 Å². The minimum absolute atomic E-state index is 0.115. The van der Waals surface area contributed by atoms with Gasteiger partial charge < -0.3 is 10.6 Å². The second kappa shape index (κ2) is 10.2. The van der Waals surface area contributed by atoms with E-state index in [0.29, 0.717) is 28.5 Å². The zero-order valence-corrected chi connectivity index (χ0v) is 20.5. The molecule has 8 nitrogen and oxygen atoms in total. The highest BCUT2D eigenvalue weighted by Gasteiger charge is 2.25. The minimum atomic E-state index is -0.115. The zero-order valence-electron chi connectivity index (χ0n) is 20.5. The zero-order chi connectivity index (χ0) is 25.1. The lowest BCUT2D eigenvalue weighted by molar-refractivity contribution is 0.0926. The Morgan fingerprint density at radius 2 is 1.94 bits per heavy atom. The summed E-state index contributed by atoms with van der Waals surface area (Å²) in [5.41, 5.74) is 3.75. The van der Waals surface area contributed by atoms with E-state index in [4.69, 9.17) is 5.26 Å². The standard InChI is InChI=1S/C28H29N7O/c1-18(2)33-25-13-26(35-11-9-21-12-19(14-29)15-32-27(21)35)31-17-24(25)28(36)34-23-7-5-20(6-8-23)22-4-3-10-30-16-22/h3-4,9-13,15-18,20,23H,5-8H2,1-2H3,(H,31,33)(H,34,36)/t20-,23-. The van der Waals surface area contributed by atoms with Gasteiger partial charge in [0.25, 0.3) is 5.91 Å². The highest BCUT2D eigenvalue weighted by molar-refractivity contribution is 5.99. The maximum absolute atomic E-state index is 13.3. The lowest BCUT2D eigenvalue weighted by atomic mass is 9.82. The first kappa shape index (κ1) is 23.5. The van der Waals surface area contributed by atoms with Crippen LogP contribution in [0.2, 0.25) is 0 Å². The van der Waals surface area contributed by atoms with Crippen LogP contribution in [0.3, 0.4) is 0 Å². The Bertz CT molecular complexity index is 1410. The summed E-state index contributed by atoms with van der Waals surface area (Å²) in [4.78, 5) is 26.6. The lowest BCUT2D eigenvalue weighted by Gasteiger charge is -2.29. The highest BCUT2D eigenvalue weighted by atomic mass is 16.1. The molecule has 1 saturated carbocycles. The molecule has 0 aliphatic heterocycles. The fourth-order valence-corrected chi connectivity index (χ4v) is 4.91. The van der Waals surface area contributed by atoms with E-state index in [2.05, 4.69) is 37.7 Å². The number of carbonyl (C=O) groups is 1. The van der Waals surface area contributed by atoms with Crippen LogP contribution in [-0.4, -0.2) is 37.5 Å². The Morgan fingerprint density at radius 1 is 1.11 bits per heavy atom. The van der Waals surface area contributed by atoms with Crippen LogP contribution >= 0.6 is 0 Å². The number of amides is 1. The molecule has 0 radical (unpaired) electrons. The average molecular weight is 480 g/mol. The van der Waals surface area contributed by atoms with Gasteiger partial charge in [-0.3, -0.25) is 14.3 Å². The number of anilines is 1. The van der Waals surface area contributed by atoms with Crippen LogP contribution < -0.4 is 10.6 Å². The SMILES string of the molecule is CC(C)Nc1cc(-n2ccc3cc(C#N)cnc32)ncc1C(=O)N[C@H]1CC[C@H](c2cccnc2)CC1. The van der Waals surface area contributed by atoms with E-state index in [1.54, 1.807) is 24.7 Å². The van der Waals surface area contributed by atoms with Gasteiger partial charge in [-0.05, 0) is 69.2 Å². The average Bonchev–Trinajstić information content (AvgIpc) is 3.32. The van der Waals surface area contributed by atoms with Crippen LogP contribution in [0.1, 0.15) is 66.9 Å². The van der Waals surface area contributed by atoms with E-state index in [-0.39, 0.29) is 18.0 Å². The molecule has 1 fully saturated rings. The van der Waals surface area contributed by atoms with Crippen LogP contribution in [0.25, 0.3) is 16.9 Å². The molecule has 0 unspecified atom stereocenters. The quantitative estimate of drug-likeness (QED) is 0.404. The Hall–Kier alpha value is -4.25. The van der Waals surface area contributed by atoms with Gasteiger partial charge in [0, 0.05) is 54.5 Å². The van der Waals surface area contributed by atoms with Gasteiger partial charge >= 0.3 is 0 Å². The summed E-state index contributed by atoms with van der Waals surface area (Å²) in [7, 11) is 0. The highest BCUT2D eigenvalue weighted by Crippen LogP contribution is 2.33. The number of hydrogen-bond acceptors (Lipinski definition) is 6. The topological polar surface area (TPSA) is 109 Å². The fourth-order valence-electron chi connectivity index (χ4n) is 4.91. The van der Waals surface area contributed by atoms with Crippen LogP contribution in [0, 0.1) is 11.3 Å². The summed E-state index contributed by atoms with van der Waals surface area (Å²) in [6.45, 7) is 4.08. The van der Waals surface area contributed by atoms with Crippen LogP contribution in [-0.2, 0) is 0 Å². The number of aromatic nitrogens is 4. The van der Waals surface area contributed by atoms with E-state index < -0.39 is 0 Å². The van der Waals surface area contributed by atoms with E-state index in [0.717, 1.165) is 36.8 Å². The molecule has 4 aromatic heterocycles. The molecule has 182 valence electrons. The molecule has 0 bridgehead atoms. The number of rotatable bonds is 6. The molecule has 0 aromatic carbocycles. The minimum Gasteiger partial charge on any atom is -0.382 e. The van der Waals surface area contributed by atoms with Crippen molar-refractivity contribution in [2.75, 3.05) is 5.32 Å². The first-order valence-electron chi connectivity index (χ1n) is 12.4. The van der Waals surface area contributed by atoms with Crippen molar-refractivity contribution in [3.8, 4) is 11.9 Å². The van der Waals surface area contributed by atoms with Crippen molar-refractivity contribution in [1.82, 2.24) is 24.8 Å². The van der Waals surface area contributed by atoms with Crippen molar-refractivity contribution in [3.05, 3.63) is 78.0 Å². The van der Waals surface area contributed by atoms with Gasteiger partial charge in [-0.25, -0.2) is 9.97 Å². The first-order chi connectivity index (χ1) is 17.5. The number of nitrogens with one attached hydrogen (secondary N) is 2. The number of nitriles is 1. The third-order valence-corrected chi connectivity index (χ3v) is 6.70. The molecule has 4 aromatic rings. The second-order valence-corrected chi connectivity index (χ2v) is 9.63. The molecule has 0 saturated heterocycles. The lowest BCUT2D eigenvalue weighted by Crippen LogP contribution is -2.37. The smallest absolute Gasteiger partial charge is 0.255 e. The number of nitrogens with zero attached hydrogens (tertiary/aromatic N) is 5. The van der Waals surface area contributed by atoms with E-state index in [1.807, 2.05) is 49.0 Å². The van der Waals surface area contributed by atoms with Crippen molar-refractivity contribution in [1.29, 1.82) is 5.26 Å². The molecule has 0 spiro atoms. The van der Waals surface area contributed by atoms with Gasteiger partial charge in [-0.15, -0.1) is 0 Å². The van der Waals surface area contributed by atoms with Crippen molar-refractivity contribution >= 4 is 22.6 Å². The summed E-state index contributed by atoms with van der Waals surface area (Å²) in [5, 5.41) is 16.6. The number of fused-ring (bicyclic) bond motifs is 1. The fraction of sp³-hybridized carbons (Fsp3) is 0.321. The number of carbonyl (C=O) groups excluding carboxylic acids is 1. The Labute approximate surface area is 210 Å². The molecule has 5 rings (SSSR count). The van der Waals surface area contributed by atoms with Gasteiger partial charge in [0.15, 0.2) is 0 Å². The maximum Gasteiger partial charge on any atom is 0.255 e. The number of pyridine rings is 3. The van der Waals surface area contributed by atoms with Crippen LogP contribution in [0.15, 0.2) is 61.3 Å². The molecular weight excluding hydrogens is 450 g/mol. The summed E-state index contributed by atoms with van der Waals surface area (Å²) in [6, 6.07) is 12.1. The molecule has 0 atom stereocenters. The molecule has 36 heavy (non-hydrogen) atoms. The molecule has 1 aliphatic carbocycles. The molecule has 2 N–H and O–H groups in total. The van der Waals surface area contributed by atoms with Gasteiger partial charge in [0.2, 0.25) is 0 Å². The number of hydrogen-bond donors (Lipinski definition) is 2. The summed E-state index contributed by atoms with van der Waals surface area (Å²) in [5.74, 6) is 1.04. The molecule has 1 aliphatic rings. The molecule has 4 heterocycles. The normalized spacial score (nSPS) is 17.6. The summed E-state index contributed by atoms with van der Waals surface area (Å²) >= 11 is 0. The van der Waals surface area contributed by atoms with Crippen molar-refractivity contribution < 1.29 is 4.79 Å². The van der Waals surface area contributed by atoms with E-state index in [1.165, 1.54) is 5.56 Å². The van der Waals surface area contributed by atoms with Crippen LogP contribution in [0.5, 0.6) is 0 Å². The summed E-state index contributed by atoms with van der Waals surface area (Å²) < 4.78 is 1.86. The predicted octanol–water partition coefficient (Wildman–Crippen LogP) is 4.96. The van der Waals surface area contributed by atoms with Crippen LogP contribution in [0.4, 0.5) is 5.69 Å². The largest absolute Gasteiger partial charge is 0.382 e. The molecular formula is C28H29N7O. The third kappa shape index (κ3) is 4.91. The Morgan fingerprint density at radius 3 is 2.67 bits per heavy atom. The van der Waals surface area contributed by atoms with E-state index in [9.17, 15) is 4.79 Å². The van der Waals surface area contributed by atoms with Gasteiger partial charge in [0.1, 0.15) is 17.5 Å². The van der Waals surface area contributed by atoms with Gasteiger partial charge in [-0.2, -0.15) is 5.26 Å². The van der Waals surface area contributed by atoms with Gasteiger partial charge in [0.05, 0.1) is 16.8 Å². The predicted molar refractivity (Wildman–Crippen MR) is 139 cm³/mol. The van der Waals surface area contributed by atoms with Gasteiger partial charge in [-0.1, -0.05) is 6.07 Å². The maximum atomic E-state index is 13.3. The van der Waals surface area contributed by atoms with Crippen molar-refractivity contribution in [2.45, 2.75) is 57.5 Å². The Balaban J connectivity index is 1.34.